The second kappa shape index (κ2) is 12.4. The average Bonchev–Trinajstić information content (AvgIpc) is 3.43. The topological polar surface area (TPSA) is 192 Å². The van der Waals surface area contributed by atoms with E-state index < -0.39 is 29.3 Å². The summed E-state index contributed by atoms with van der Waals surface area (Å²) in [5, 5.41) is 27.7. The molecule has 45 heavy (non-hydrogen) atoms. The van der Waals surface area contributed by atoms with Crippen LogP contribution in [0, 0.1) is 18.3 Å². The van der Waals surface area contributed by atoms with E-state index in [-0.39, 0.29) is 42.8 Å². The smallest absolute Gasteiger partial charge is 0.414 e. The fourth-order valence-electron chi connectivity index (χ4n) is 7.93. The lowest BCUT2D eigenvalue weighted by Gasteiger charge is -2.52. The van der Waals surface area contributed by atoms with Gasteiger partial charge < -0.3 is 45.9 Å². The highest BCUT2D eigenvalue weighted by Gasteiger charge is 2.76. The quantitative estimate of drug-likeness (QED) is 0.113. The summed E-state index contributed by atoms with van der Waals surface area (Å²) in [4.78, 5) is 41.3. The van der Waals surface area contributed by atoms with Crippen LogP contribution in [0.3, 0.4) is 0 Å². The van der Waals surface area contributed by atoms with E-state index in [0.717, 1.165) is 17.7 Å². The van der Waals surface area contributed by atoms with Crippen molar-refractivity contribution in [1.82, 2.24) is 25.8 Å². The number of benzene rings is 1. The summed E-state index contributed by atoms with van der Waals surface area (Å²) in [6.45, 7) is 4.89. The summed E-state index contributed by atoms with van der Waals surface area (Å²) >= 11 is 0. The third-order valence-corrected chi connectivity index (χ3v) is 9.78. The maximum atomic E-state index is 13.3. The number of aliphatic hydroxyl groups is 1. The van der Waals surface area contributed by atoms with Crippen molar-refractivity contribution in [2.24, 2.45) is 11.7 Å². The number of amides is 3. The number of nitrogens with two attached hydrogens (primary N) is 1. The third-order valence-electron chi connectivity index (χ3n) is 9.78. The zero-order chi connectivity index (χ0) is 32.7. The SMILES string of the molecule is COc1ccc(C)c2c1O[C@H]1C(OC(=O)N(C)CCNC(=O)[C@H](CCCNC(=N)N)NC(C)=O)=CC[C@@]3(O)[C@H]4C(CN4C)C[C@]213. The van der Waals surface area contributed by atoms with Crippen molar-refractivity contribution in [2.45, 2.75) is 68.7 Å². The molecule has 6 atom stereocenters. The standard InChI is InChI=1S/C31H45N7O7/c1-17-8-9-21(43-5)24-23(17)30-15-19-16-38(4)25(19)31(30,42)11-10-22(26(30)45-24)44-29(41)37(3)14-13-34-27(40)20(36-18(2)39)7-6-12-35-28(32)33/h8-10,19-20,25-26,42H,6-7,11-16H2,1-5H3,(H,34,40)(H,36,39)(H4,32,33,35)/t19?,20-,25+,26-,30-,31+/m0/s1. The molecule has 246 valence electrons. The highest BCUT2D eigenvalue weighted by Crippen LogP contribution is 2.68. The summed E-state index contributed by atoms with van der Waals surface area (Å²) in [5.74, 6) is 0.898. The first-order valence-corrected chi connectivity index (χ1v) is 15.4. The van der Waals surface area contributed by atoms with Gasteiger partial charge in [-0.15, -0.1) is 0 Å². The van der Waals surface area contributed by atoms with Gasteiger partial charge in [0.25, 0.3) is 0 Å². The maximum absolute atomic E-state index is 13.3. The van der Waals surface area contributed by atoms with E-state index >= 15 is 0 Å². The highest BCUT2D eigenvalue weighted by molar-refractivity contribution is 5.86. The molecular weight excluding hydrogens is 582 g/mol. The Morgan fingerprint density at radius 1 is 1.29 bits per heavy atom. The van der Waals surface area contributed by atoms with Crippen LogP contribution in [0.5, 0.6) is 11.5 Å². The maximum Gasteiger partial charge on any atom is 0.414 e. The van der Waals surface area contributed by atoms with Gasteiger partial charge in [0.05, 0.1) is 18.1 Å². The van der Waals surface area contributed by atoms with E-state index in [1.54, 1.807) is 20.2 Å². The first-order valence-electron chi connectivity index (χ1n) is 15.4. The monoisotopic (exact) mass is 627 g/mol. The molecule has 14 heteroatoms. The lowest BCUT2D eigenvalue weighted by molar-refractivity contribution is -0.128. The zero-order valence-corrected chi connectivity index (χ0v) is 26.6. The number of nitrogens with zero attached hydrogens (tertiary/aromatic N) is 2. The largest absolute Gasteiger partial charge is 0.493 e. The van der Waals surface area contributed by atoms with Gasteiger partial charge >= 0.3 is 6.09 Å². The van der Waals surface area contributed by atoms with Gasteiger partial charge in [-0.3, -0.25) is 19.9 Å². The van der Waals surface area contributed by atoms with Crippen molar-refractivity contribution >= 4 is 23.9 Å². The van der Waals surface area contributed by atoms with Gasteiger partial charge in [-0.2, -0.15) is 0 Å². The van der Waals surface area contributed by atoms with Crippen LogP contribution in [0.2, 0.25) is 0 Å². The third kappa shape index (κ3) is 5.54. The number of carbonyl (C=O) groups excluding carboxylic acids is 3. The number of carbonyl (C=O) groups is 3. The minimum atomic E-state index is -1.11. The van der Waals surface area contributed by atoms with Crippen molar-refractivity contribution in [2.75, 3.05) is 47.4 Å². The molecule has 1 aromatic rings. The van der Waals surface area contributed by atoms with Crippen LogP contribution >= 0.6 is 0 Å². The van der Waals surface area contributed by atoms with E-state index in [1.807, 2.05) is 26.1 Å². The molecule has 4 aliphatic rings. The molecule has 1 unspecified atom stereocenters. The Labute approximate surface area is 263 Å². The Morgan fingerprint density at radius 3 is 2.71 bits per heavy atom. The van der Waals surface area contributed by atoms with Gasteiger partial charge in [0, 0.05) is 58.2 Å². The van der Waals surface area contributed by atoms with Crippen molar-refractivity contribution in [3.63, 3.8) is 0 Å². The van der Waals surface area contributed by atoms with Gasteiger partial charge in [0.15, 0.2) is 23.6 Å². The Morgan fingerprint density at radius 2 is 2.04 bits per heavy atom. The molecule has 2 heterocycles. The lowest BCUT2D eigenvalue weighted by atomic mass is 9.60. The van der Waals surface area contributed by atoms with E-state index in [9.17, 15) is 19.5 Å². The van der Waals surface area contributed by atoms with E-state index in [1.165, 1.54) is 11.8 Å². The number of hydrogen-bond acceptors (Lipinski definition) is 9. The van der Waals surface area contributed by atoms with Crippen molar-refractivity contribution < 1.29 is 33.7 Å². The normalized spacial score (nSPS) is 28.0. The van der Waals surface area contributed by atoms with Gasteiger partial charge in [-0.25, -0.2) is 4.79 Å². The van der Waals surface area contributed by atoms with Crippen LogP contribution in [-0.4, -0.2) is 110 Å². The van der Waals surface area contributed by atoms with Gasteiger partial charge in [0.2, 0.25) is 11.8 Å². The van der Waals surface area contributed by atoms with Crippen LogP contribution in [-0.2, 0) is 19.7 Å². The number of aryl methyl sites for hydroxylation is 1. The van der Waals surface area contributed by atoms with Crippen LogP contribution < -0.4 is 31.2 Å². The van der Waals surface area contributed by atoms with Crippen LogP contribution in [0.25, 0.3) is 0 Å². The lowest BCUT2D eigenvalue weighted by Crippen LogP contribution is -2.67. The Kier molecular flexibility index (Phi) is 8.91. The first kappa shape index (κ1) is 32.4. The molecular formula is C31H45N7O7. The van der Waals surface area contributed by atoms with E-state index in [2.05, 4.69) is 20.9 Å². The van der Waals surface area contributed by atoms with Crippen LogP contribution in [0.4, 0.5) is 4.79 Å². The zero-order valence-electron chi connectivity index (χ0n) is 26.6. The van der Waals surface area contributed by atoms with E-state index in [0.29, 0.717) is 49.5 Å². The summed E-state index contributed by atoms with van der Waals surface area (Å²) in [6.07, 6.45) is 2.30. The molecule has 7 N–H and O–H groups in total. The van der Waals surface area contributed by atoms with Gasteiger partial charge in [-0.05, 0) is 56.9 Å². The Balaban J connectivity index is 1.25. The number of likely N-dealkylation sites (N-methyl/N-ethyl adjacent to an activating group) is 2. The molecule has 1 spiro atoms. The summed E-state index contributed by atoms with van der Waals surface area (Å²) in [5.41, 5.74) is 5.27. The molecule has 5 rings (SSSR count). The summed E-state index contributed by atoms with van der Waals surface area (Å²) < 4.78 is 18.2. The molecule has 2 aliphatic carbocycles. The molecule has 3 amide bonds. The number of hydrogen-bond donors (Lipinski definition) is 6. The minimum absolute atomic E-state index is 0.0355. The number of ether oxygens (including phenoxy) is 3. The number of guanidine groups is 1. The minimum Gasteiger partial charge on any atom is -0.493 e. The molecule has 2 aliphatic heterocycles. The predicted octanol–water partition coefficient (Wildman–Crippen LogP) is 0.308. The second-order valence-corrected chi connectivity index (χ2v) is 12.7. The van der Waals surface area contributed by atoms with Crippen molar-refractivity contribution in [3.8, 4) is 11.5 Å². The molecule has 1 saturated heterocycles. The Bertz CT molecular complexity index is 1400. The summed E-state index contributed by atoms with van der Waals surface area (Å²) in [7, 11) is 5.19. The van der Waals surface area contributed by atoms with Gasteiger partial charge in [-0.1, -0.05) is 6.07 Å². The number of methoxy groups -OCH3 is 1. The first-order chi connectivity index (χ1) is 21.3. The molecule has 0 bridgehead atoms. The number of nitrogens with one attached hydrogen (secondary N) is 4. The highest BCUT2D eigenvalue weighted by atomic mass is 16.6. The molecule has 14 nitrogen and oxygen atoms in total. The number of fused-ring (bicyclic) bond motifs is 3. The van der Waals surface area contributed by atoms with Crippen molar-refractivity contribution in [3.05, 3.63) is 35.1 Å². The molecule has 2 fully saturated rings. The fraction of sp³-hybridized carbons (Fsp3) is 0.613. The van der Waals surface area contributed by atoms with Gasteiger partial charge in [0.1, 0.15) is 11.8 Å². The molecule has 0 radical (unpaired) electrons. The molecule has 0 aromatic heterocycles. The average molecular weight is 628 g/mol. The molecule has 1 aromatic carbocycles. The second-order valence-electron chi connectivity index (χ2n) is 12.7. The Hall–Kier alpha value is -4.04. The number of rotatable bonds is 11. The summed E-state index contributed by atoms with van der Waals surface area (Å²) in [6, 6.07) is 3.03. The van der Waals surface area contributed by atoms with Crippen LogP contribution in [0.15, 0.2) is 24.0 Å². The molecule has 1 saturated carbocycles. The van der Waals surface area contributed by atoms with E-state index in [4.69, 9.17) is 25.4 Å². The van der Waals surface area contributed by atoms with Crippen molar-refractivity contribution in [1.29, 1.82) is 5.41 Å². The number of likely N-dealkylation sites (tertiary alicyclic amines) is 1. The fourth-order valence-corrected chi connectivity index (χ4v) is 7.93. The predicted molar refractivity (Wildman–Crippen MR) is 165 cm³/mol. The van der Waals surface area contributed by atoms with Crippen LogP contribution in [0.1, 0.15) is 43.7 Å².